The quantitative estimate of drug-likeness (QED) is 0.204. The monoisotopic (exact) mass is 508 g/mol. The molecule has 8 N–H and O–H groups in total. The molecule has 36 heavy (non-hydrogen) atoms. The molecule has 0 bridgehead atoms. The number of phenols is 3. The van der Waals surface area contributed by atoms with Gasteiger partial charge in [-0.25, -0.2) is 4.79 Å². The van der Waals surface area contributed by atoms with E-state index in [1.54, 1.807) is 0 Å². The van der Waals surface area contributed by atoms with E-state index in [1.807, 2.05) is 0 Å². The predicted molar refractivity (Wildman–Crippen MR) is 116 cm³/mol. The highest BCUT2D eigenvalue weighted by molar-refractivity contribution is 5.91. The van der Waals surface area contributed by atoms with Crippen LogP contribution in [0.25, 0.3) is 22.3 Å². The fourth-order valence-electron chi connectivity index (χ4n) is 3.70. The van der Waals surface area contributed by atoms with Gasteiger partial charge in [0.05, 0.1) is 7.11 Å². The Bertz CT molecular complexity index is 1400. The predicted octanol–water partition coefficient (Wildman–Crippen LogP) is -0.438. The van der Waals surface area contributed by atoms with Gasteiger partial charge < -0.3 is 59.5 Å². The summed E-state index contributed by atoms with van der Waals surface area (Å²) in [5, 5.41) is 79.1. The second-order valence-electron chi connectivity index (χ2n) is 7.80. The van der Waals surface area contributed by atoms with E-state index in [1.165, 1.54) is 6.07 Å². The van der Waals surface area contributed by atoms with Crippen molar-refractivity contribution < 1.29 is 64.3 Å². The maximum Gasteiger partial charge on any atom is 0.335 e. The molecule has 0 amide bonds. The maximum absolute atomic E-state index is 12.8. The van der Waals surface area contributed by atoms with Crippen LogP contribution >= 0.6 is 0 Å². The van der Waals surface area contributed by atoms with E-state index in [-0.39, 0.29) is 11.1 Å². The van der Waals surface area contributed by atoms with E-state index in [9.17, 15) is 50.4 Å². The number of phenolic OH excluding ortho intramolecular Hbond substituents is 3. The minimum Gasteiger partial charge on any atom is -0.504 e. The zero-order valence-electron chi connectivity index (χ0n) is 18.2. The molecular formula is C22H20O14. The number of fused-ring (bicyclic) bond motifs is 1. The van der Waals surface area contributed by atoms with Crippen molar-refractivity contribution in [3.63, 3.8) is 0 Å². The zero-order valence-corrected chi connectivity index (χ0v) is 18.2. The van der Waals surface area contributed by atoms with Crippen molar-refractivity contribution in [1.82, 2.24) is 0 Å². The molecule has 192 valence electrons. The fourth-order valence-corrected chi connectivity index (χ4v) is 3.70. The second-order valence-corrected chi connectivity index (χ2v) is 7.80. The van der Waals surface area contributed by atoms with Crippen LogP contribution in [-0.2, 0) is 9.53 Å². The zero-order chi connectivity index (χ0) is 26.5. The number of aliphatic carboxylic acids is 1. The molecule has 2 aromatic carbocycles. The van der Waals surface area contributed by atoms with Crippen LogP contribution in [0.15, 0.2) is 33.5 Å². The lowest BCUT2D eigenvalue weighted by Crippen LogP contribution is -2.61. The van der Waals surface area contributed by atoms with Gasteiger partial charge in [0.15, 0.2) is 34.9 Å². The number of aromatic hydroxyl groups is 4. The summed E-state index contributed by atoms with van der Waals surface area (Å²) >= 11 is 0. The topological polar surface area (TPSA) is 237 Å². The fraction of sp³-hybridized carbons (Fsp3) is 0.273. The van der Waals surface area contributed by atoms with Crippen molar-refractivity contribution in [3.8, 4) is 45.8 Å². The van der Waals surface area contributed by atoms with Crippen LogP contribution in [0.1, 0.15) is 0 Å². The third-order valence-electron chi connectivity index (χ3n) is 5.55. The first kappa shape index (κ1) is 24.9. The highest BCUT2D eigenvalue weighted by Crippen LogP contribution is 2.45. The average molecular weight is 508 g/mol. The number of benzene rings is 2. The first-order valence-corrected chi connectivity index (χ1v) is 10.2. The van der Waals surface area contributed by atoms with Gasteiger partial charge in [0.2, 0.25) is 23.2 Å². The number of carbonyl (C=O) groups is 1. The first-order chi connectivity index (χ1) is 17.0. The number of carboxylic acid groups (broad SMARTS) is 1. The molecule has 4 rings (SSSR count). The van der Waals surface area contributed by atoms with Gasteiger partial charge in [-0.1, -0.05) is 0 Å². The Hall–Kier alpha value is -4.24. The SMILES string of the molecule is COc1c(OC2OC(C(=O)O)C(O)C(O)C2O)cc2oc(-c3ccc(O)c(O)c3)c(O)c(=O)c2c1O. The molecular weight excluding hydrogens is 488 g/mol. The highest BCUT2D eigenvalue weighted by Gasteiger charge is 2.48. The van der Waals surface area contributed by atoms with E-state index < -0.39 is 87.7 Å². The summed E-state index contributed by atoms with van der Waals surface area (Å²) in [6.45, 7) is 0. The molecule has 1 fully saturated rings. The summed E-state index contributed by atoms with van der Waals surface area (Å²) < 4.78 is 21.1. The van der Waals surface area contributed by atoms with Gasteiger partial charge in [0.1, 0.15) is 29.3 Å². The molecule has 3 aromatic rings. The largest absolute Gasteiger partial charge is 0.504 e. The van der Waals surface area contributed by atoms with Gasteiger partial charge >= 0.3 is 5.97 Å². The molecule has 0 saturated carbocycles. The summed E-state index contributed by atoms with van der Waals surface area (Å²) in [6, 6.07) is 4.31. The van der Waals surface area contributed by atoms with E-state index >= 15 is 0 Å². The minimum atomic E-state index is -1.98. The van der Waals surface area contributed by atoms with Gasteiger partial charge in [-0.3, -0.25) is 4.79 Å². The molecule has 1 aliphatic rings. The van der Waals surface area contributed by atoms with E-state index in [2.05, 4.69) is 0 Å². The summed E-state index contributed by atoms with van der Waals surface area (Å²) in [7, 11) is 1.08. The van der Waals surface area contributed by atoms with Crippen molar-refractivity contribution in [2.75, 3.05) is 7.11 Å². The van der Waals surface area contributed by atoms with E-state index in [4.69, 9.17) is 18.6 Å². The van der Waals surface area contributed by atoms with Crippen LogP contribution in [-0.4, -0.2) is 84.6 Å². The van der Waals surface area contributed by atoms with Gasteiger partial charge in [-0.15, -0.1) is 0 Å². The van der Waals surface area contributed by atoms with Crippen LogP contribution in [0.5, 0.6) is 34.5 Å². The van der Waals surface area contributed by atoms with E-state index in [0.29, 0.717) is 0 Å². The summed E-state index contributed by atoms with van der Waals surface area (Å²) in [5.41, 5.74) is -1.50. The van der Waals surface area contributed by atoms with Crippen LogP contribution in [0, 0.1) is 0 Å². The molecule has 1 aromatic heterocycles. The molecule has 14 heteroatoms. The average Bonchev–Trinajstić information content (AvgIpc) is 2.83. The molecule has 2 heterocycles. The Balaban J connectivity index is 1.85. The molecule has 1 aliphatic heterocycles. The third-order valence-corrected chi connectivity index (χ3v) is 5.55. The number of rotatable bonds is 5. The van der Waals surface area contributed by atoms with E-state index in [0.717, 1.165) is 25.3 Å². The van der Waals surface area contributed by atoms with Crippen LogP contribution in [0.2, 0.25) is 0 Å². The second kappa shape index (κ2) is 9.09. The Labute approximate surface area is 200 Å². The number of aliphatic hydroxyl groups excluding tert-OH is 3. The molecule has 0 radical (unpaired) electrons. The molecule has 0 spiro atoms. The van der Waals surface area contributed by atoms with Crippen LogP contribution < -0.4 is 14.9 Å². The Morgan fingerprint density at radius 1 is 0.944 bits per heavy atom. The number of hydrogen-bond donors (Lipinski definition) is 8. The Morgan fingerprint density at radius 3 is 2.25 bits per heavy atom. The van der Waals surface area contributed by atoms with Crippen LogP contribution in [0.4, 0.5) is 0 Å². The smallest absolute Gasteiger partial charge is 0.335 e. The number of hydrogen-bond acceptors (Lipinski definition) is 13. The minimum absolute atomic E-state index is 0.0213. The lowest BCUT2D eigenvalue weighted by molar-refractivity contribution is -0.271. The molecule has 1 saturated heterocycles. The van der Waals surface area contributed by atoms with Crippen molar-refractivity contribution in [2.24, 2.45) is 0 Å². The van der Waals surface area contributed by atoms with Gasteiger partial charge in [-0.05, 0) is 18.2 Å². The van der Waals surface area contributed by atoms with Crippen molar-refractivity contribution in [1.29, 1.82) is 0 Å². The standard InChI is InChI=1S/C22H20O14/c1-33-19-10(35-22-17(30)14(27)16(29)20(36-22)21(31)32)5-9-11(13(19)26)12(25)15(28)18(34-9)6-2-3-7(23)8(24)4-6/h2-5,14,16-17,20,22-24,26-30H,1H3,(H,31,32). The van der Waals surface area contributed by atoms with Gasteiger partial charge in [-0.2, -0.15) is 0 Å². The highest BCUT2D eigenvalue weighted by atomic mass is 16.7. The van der Waals surface area contributed by atoms with Gasteiger partial charge in [0.25, 0.3) is 0 Å². The lowest BCUT2D eigenvalue weighted by Gasteiger charge is -2.38. The number of carboxylic acids is 1. The number of ether oxygens (including phenoxy) is 3. The molecule has 5 unspecified atom stereocenters. The third kappa shape index (κ3) is 3.97. The number of aliphatic hydroxyl groups is 3. The summed E-state index contributed by atoms with van der Waals surface area (Å²) in [4.78, 5) is 24.2. The number of methoxy groups -OCH3 is 1. The molecule has 5 atom stereocenters. The van der Waals surface area contributed by atoms with Crippen molar-refractivity contribution in [2.45, 2.75) is 30.7 Å². The van der Waals surface area contributed by atoms with Crippen molar-refractivity contribution in [3.05, 3.63) is 34.5 Å². The molecule has 0 aliphatic carbocycles. The summed E-state index contributed by atoms with van der Waals surface area (Å²) in [5.74, 6) is -5.87. The van der Waals surface area contributed by atoms with Crippen molar-refractivity contribution >= 4 is 16.9 Å². The van der Waals surface area contributed by atoms with Gasteiger partial charge in [0, 0.05) is 11.6 Å². The summed E-state index contributed by atoms with van der Waals surface area (Å²) in [6.07, 6.45) is -9.76. The Kier molecular flexibility index (Phi) is 6.28. The normalized spacial score (nSPS) is 23.9. The van der Waals surface area contributed by atoms with Crippen LogP contribution in [0.3, 0.4) is 0 Å². The Morgan fingerprint density at radius 2 is 1.64 bits per heavy atom. The maximum atomic E-state index is 12.8. The molecule has 14 nitrogen and oxygen atoms in total. The first-order valence-electron chi connectivity index (χ1n) is 10.2. The lowest BCUT2D eigenvalue weighted by atomic mass is 9.99.